The highest BCUT2D eigenvalue weighted by Gasteiger charge is 2.42. The molecular formula is C25H25N3O3. The van der Waals surface area contributed by atoms with Gasteiger partial charge >= 0.3 is 0 Å². The minimum Gasteiger partial charge on any atom is -0.472 e. The van der Waals surface area contributed by atoms with Crippen molar-refractivity contribution in [1.29, 1.82) is 0 Å². The van der Waals surface area contributed by atoms with Crippen LogP contribution in [0, 0.1) is 0 Å². The highest BCUT2D eigenvalue weighted by Crippen LogP contribution is 2.23. The van der Waals surface area contributed by atoms with E-state index in [-0.39, 0.29) is 18.4 Å². The third kappa shape index (κ3) is 4.11. The lowest BCUT2D eigenvalue weighted by Crippen LogP contribution is -2.66. The van der Waals surface area contributed by atoms with Gasteiger partial charge in [0.25, 0.3) is 0 Å². The summed E-state index contributed by atoms with van der Waals surface area (Å²) < 4.78 is 5.10. The average Bonchev–Trinajstić information content (AvgIpc) is 3.31. The van der Waals surface area contributed by atoms with Crippen molar-refractivity contribution < 1.29 is 14.0 Å². The zero-order chi connectivity index (χ0) is 21.2. The Labute approximate surface area is 181 Å². The van der Waals surface area contributed by atoms with Gasteiger partial charge in [-0.05, 0) is 22.8 Å². The Bertz CT molecular complexity index is 1050. The molecule has 2 saturated heterocycles. The molecule has 1 aromatic heterocycles. The summed E-state index contributed by atoms with van der Waals surface area (Å²) in [4.78, 5) is 31.4. The van der Waals surface area contributed by atoms with Crippen molar-refractivity contribution in [2.45, 2.75) is 19.1 Å². The third-order valence-electron chi connectivity index (χ3n) is 6.13. The van der Waals surface area contributed by atoms with Crippen LogP contribution in [-0.4, -0.2) is 58.7 Å². The molecule has 158 valence electrons. The van der Waals surface area contributed by atoms with Gasteiger partial charge in [0.1, 0.15) is 12.6 Å². The van der Waals surface area contributed by atoms with Crippen LogP contribution in [0.25, 0.3) is 11.1 Å². The van der Waals surface area contributed by atoms with Crippen LogP contribution in [0.2, 0.25) is 0 Å². The number of fused-ring (bicyclic) bond motifs is 1. The van der Waals surface area contributed by atoms with Crippen molar-refractivity contribution in [2.75, 3.05) is 26.2 Å². The van der Waals surface area contributed by atoms with E-state index in [2.05, 4.69) is 41.3 Å². The van der Waals surface area contributed by atoms with Crippen LogP contribution in [0.1, 0.15) is 11.1 Å². The molecule has 6 nitrogen and oxygen atoms in total. The molecule has 2 aromatic carbocycles. The monoisotopic (exact) mass is 415 g/mol. The molecule has 3 aromatic rings. The Morgan fingerprint density at radius 3 is 2.35 bits per heavy atom. The minimum atomic E-state index is -0.412. The van der Waals surface area contributed by atoms with Gasteiger partial charge in [0, 0.05) is 38.3 Å². The molecule has 6 heteroatoms. The second-order valence-corrected chi connectivity index (χ2v) is 8.23. The summed E-state index contributed by atoms with van der Waals surface area (Å²) in [6.07, 6.45) is 3.21. The van der Waals surface area contributed by atoms with Gasteiger partial charge in [0.15, 0.2) is 0 Å². The van der Waals surface area contributed by atoms with E-state index in [1.165, 1.54) is 16.7 Å². The first-order valence-corrected chi connectivity index (χ1v) is 10.6. The Morgan fingerprint density at radius 1 is 0.839 bits per heavy atom. The predicted molar refractivity (Wildman–Crippen MR) is 117 cm³/mol. The molecule has 0 radical (unpaired) electrons. The molecule has 0 N–H and O–H groups in total. The van der Waals surface area contributed by atoms with E-state index >= 15 is 0 Å². The zero-order valence-corrected chi connectivity index (χ0v) is 17.3. The standard InChI is InChI=1S/C25H25N3O3/c29-24-17-27(15-20-10-13-31-18-20)25(30)23-16-26(11-12-28(23)24)14-19-6-8-22(9-7-19)21-4-2-1-3-5-21/h1-10,13,18,23H,11-12,14-17H2. The Morgan fingerprint density at radius 2 is 1.61 bits per heavy atom. The summed E-state index contributed by atoms with van der Waals surface area (Å²) in [7, 11) is 0. The van der Waals surface area contributed by atoms with Crippen molar-refractivity contribution in [3.8, 4) is 11.1 Å². The van der Waals surface area contributed by atoms with Gasteiger partial charge in [-0.1, -0.05) is 54.6 Å². The highest BCUT2D eigenvalue weighted by atomic mass is 16.3. The maximum atomic E-state index is 13.1. The van der Waals surface area contributed by atoms with Crippen LogP contribution < -0.4 is 0 Å². The average molecular weight is 415 g/mol. The first-order chi connectivity index (χ1) is 15.2. The summed E-state index contributed by atoms with van der Waals surface area (Å²) in [6.45, 7) is 3.25. The first kappa shape index (κ1) is 19.6. The van der Waals surface area contributed by atoms with Gasteiger partial charge in [-0.15, -0.1) is 0 Å². The fraction of sp³-hybridized carbons (Fsp3) is 0.280. The lowest BCUT2D eigenvalue weighted by molar-refractivity contribution is -0.160. The van der Waals surface area contributed by atoms with Gasteiger partial charge < -0.3 is 14.2 Å². The molecule has 3 heterocycles. The van der Waals surface area contributed by atoms with Gasteiger partial charge in [-0.25, -0.2) is 0 Å². The number of nitrogens with zero attached hydrogens (tertiary/aromatic N) is 3. The van der Waals surface area contributed by atoms with Crippen molar-refractivity contribution in [1.82, 2.24) is 14.7 Å². The van der Waals surface area contributed by atoms with Gasteiger partial charge in [0.05, 0.1) is 12.5 Å². The largest absolute Gasteiger partial charge is 0.472 e. The molecule has 2 aliphatic heterocycles. The fourth-order valence-corrected chi connectivity index (χ4v) is 4.46. The van der Waals surface area contributed by atoms with Crippen LogP contribution in [0.4, 0.5) is 0 Å². The van der Waals surface area contributed by atoms with E-state index in [0.717, 1.165) is 18.7 Å². The van der Waals surface area contributed by atoms with Gasteiger partial charge in [-0.2, -0.15) is 0 Å². The Kier molecular flexibility index (Phi) is 5.30. The maximum Gasteiger partial charge on any atom is 0.247 e. The number of benzene rings is 2. The number of rotatable bonds is 5. The first-order valence-electron chi connectivity index (χ1n) is 10.6. The number of hydrogen-bond donors (Lipinski definition) is 0. The van der Waals surface area contributed by atoms with Crippen LogP contribution >= 0.6 is 0 Å². The molecule has 2 amide bonds. The highest BCUT2D eigenvalue weighted by molar-refractivity contribution is 5.95. The second-order valence-electron chi connectivity index (χ2n) is 8.23. The van der Waals surface area contributed by atoms with E-state index in [9.17, 15) is 9.59 Å². The molecule has 0 bridgehead atoms. The van der Waals surface area contributed by atoms with E-state index in [4.69, 9.17) is 4.42 Å². The van der Waals surface area contributed by atoms with E-state index in [1.54, 1.807) is 22.3 Å². The summed E-state index contributed by atoms with van der Waals surface area (Å²) >= 11 is 0. The van der Waals surface area contributed by atoms with Crippen LogP contribution in [0.3, 0.4) is 0 Å². The molecule has 1 unspecified atom stereocenters. The fourth-order valence-electron chi connectivity index (χ4n) is 4.46. The molecule has 2 fully saturated rings. The predicted octanol–water partition coefficient (Wildman–Crippen LogP) is 3.00. The number of amides is 2. The van der Waals surface area contributed by atoms with E-state index in [0.29, 0.717) is 19.6 Å². The van der Waals surface area contributed by atoms with Crippen LogP contribution in [-0.2, 0) is 22.7 Å². The summed E-state index contributed by atoms with van der Waals surface area (Å²) in [6, 6.07) is 20.3. The van der Waals surface area contributed by atoms with Crippen LogP contribution in [0.5, 0.6) is 0 Å². The van der Waals surface area contributed by atoms with E-state index < -0.39 is 6.04 Å². The molecule has 0 saturated carbocycles. The van der Waals surface area contributed by atoms with Gasteiger partial charge in [-0.3, -0.25) is 14.5 Å². The molecule has 0 aliphatic carbocycles. The number of piperazine rings is 2. The summed E-state index contributed by atoms with van der Waals surface area (Å²) in [5.41, 5.74) is 4.50. The van der Waals surface area contributed by atoms with Gasteiger partial charge in [0.2, 0.25) is 11.8 Å². The Hall–Kier alpha value is -3.38. The zero-order valence-electron chi connectivity index (χ0n) is 17.3. The second kappa shape index (κ2) is 8.40. The van der Waals surface area contributed by atoms with Crippen molar-refractivity contribution in [3.63, 3.8) is 0 Å². The smallest absolute Gasteiger partial charge is 0.247 e. The minimum absolute atomic E-state index is 0.0184. The normalized spacial score (nSPS) is 19.5. The summed E-state index contributed by atoms with van der Waals surface area (Å²) in [5.74, 6) is 0.0462. The van der Waals surface area contributed by atoms with Crippen molar-refractivity contribution in [3.05, 3.63) is 84.3 Å². The number of hydrogen-bond acceptors (Lipinski definition) is 4. The number of carbonyl (C=O) groups excluding carboxylic acids is 2. The molecular weight excluding hydrogens is 390 g/mol. The van der Waals surface area contributed by atoms with Crippen LogP contribution in [0.15, 0.2) is 77.6 Å². The maximum absolute atomic E-state index is 13.1. The lowest BCUT2D eigenvalue weighted by Gasteiger charge is -2.46. The quantitative estimate of drug-likeness (QED) is 0.643. The summed E-state index contributed by atoms with van der Waals surface area (Å²) in [5, 5.41) is 0. The van der Waals surface area contributed by atoms with E-state index in [1.807, 2.05) is 24.3 Å². The lowest BCUT2D eigenvalue weighted by atomic mass is 10.0. The Balaban J connectivity index is 1.25. The number of furan rings is 1. The molecule has 31 heavy (non-hydrogen) atoms. The molecule has 1 atom stereocenters. The molecule has 0 spiro atoms. The third-order valence-corrected chi connectivity index (χ3v) is 6.13. The number of carbonyl (C=O) groups is 2. The van der Waals surface area contributed by atoms with Crippen molar-refractivity contribution in [2.24, 2.45) is 0 Å². The molecule has 5 rings (SSSR count). The SMILES string of the molecule is O=C1C2CN(Cc3ccc(-c4ccccc4)cc3)CCN2C(=O)CN1Cc1ccoc1. The molecule has 2 aliphatic rings. The topological polar surface area (TPSA) is 57.0 Å². The van der Waals surface area contributed by atoms with Crippen molar-refractivity contribution >= 4 is 11.8 Å².